The number of nitrogens with one attached hydrogen (secondary N) is 2. The first kappa shape index (κ1) is 32.4. The number of nitrogens with zero attached hydrogens (tertiary/aromatic N) is 1. The summed E-state index contributed by atoms with van der Waals surface area (Å²) in [6.45, 7) is 5.83. The van der Waals surface area contributed by atoms with Crippen LogP contribution in [-0.2, 0) is 32.2 Å². The molecule has 1 saturated heterocycles. The maximum absolute atomic E-state index is 12.6. The van der Waals surface area contributed by atoms with Gasteiger partial charge in [0.1, 0.15) is 0 Å². The zero-order chi connectivity index (χ0) is 30.6. The van der Waals surface area contributed by atoms with Gasteiger partial charge in [-0.1, -0.05) is 80.1 Å². The Hall–Kier alpha value is -3.56. The van der Waals surface area contributed by atoms with Gasteiger partial charge in [-0.3, -0.25) is 14.5 Å². The van der Waals surface area contributed by atoms with Gasteiger partial charge in [-0.15, -0.1) is 0 Å². The number of aliphatic hydroxyl groups excluding tert-OH is 1. The molecule has 4 atom stereocenters. The highest BCUT2D eigenvalue weighted by Gasteiger charge is 2.38. The van der Waals surface area contributed by atoms with Gasteiger partial charge < -0.3 is 25.2 Å². The summed E-state index contributed by atoms with van der Waals surface area (Å²) in [6.07, 6.45) is 1.97. The summed E-state index contributed by atoms with van der Waals surface area (Å²) < 4.78 is 13.2. The van der Waals surface area contributed by atoms with Crippen LogP contribution in [0.2, 0.25) is 0 Å². The number of unbranched alkanes of at least 4 members (excludes halogenated alkanes) is 2. The molecule has 1 fully saturated rings. The minimum Gasteiger partial charge on any atom is -0.392 e. The summed E-state index contributed by atoms with van der Waals surface area (Å²) in [5.74, 6) is -0.00418. The number of likely N-dealkylation sites (N-methyl/N-ethyl adjacent to an activating group) is 1. The molecule has 4 rings (SSSR count). The summed E-state index contributed by atoms with van der Waals surface area (Å²) in [5, 5.41) is 15.3. The molecular formula is C35H45N3O5. The molecule has 1 heterocycles. The average molecular weight is 588 g/mol. The summed E-state index contributed by atoms with van der Waals surface area (Å²) in [6, 6.07) is 26.0. The van der Waals surface area contributed by atoms with Crippen molar-refractivity contribution in [1.82, 2.24) is 10.2 Å². The van der Waals surface area contributed by atoms with E-state index in [1.165, 1.54) is 12.5 Å². The van der Waals surface area contributed by atoms with Crippen LogP contribution in [0.5, 0.6) is 0 Å². The van der Waals surface area contributed by atoms with Gasteiger partial charge >= 0.3 is 0 Å². The van der Waals surface area contributed by atoms with Crippen molar-refractivity contribution >= 4 is 17.5 Å². The number of anilines is 1. The molecule has 1 aliphatic rings. The van der Waals surface area contributed by atoms with E-state index in [0.29, 0.717) is 18.7 Å². The molecule has 0 aliphatic carbocycles. The van der Waals surface area contributed by atoms with Crippen molar-refractivity contribution in [2.75, 3.05) is 25.5 Å². The molecule has 0 aromatic heterocycles. The first-order valence-corrected chi connectivity index (χ1v) is 15.2. The molecule has 0 bridgehead atoms. The van der Waals surface area contributed by atoms with Gasteiger partial charge in [-0.2, -0.15) is 0 Å². The molecule has 4 unspecified atom stereocenters. The Morgan fingerprint density at radius 2 is 1.65 bits per heavy atom. The van der Waals surface area contributed by atoms with E-state index < -0.39 is 6.29 Å². The predicted molar refractivity (Wildman–Crippen MR) is 168 cm³/mol. The SMILES string of the molecule is CC(=O)NCCCCCC(=O)Nc1cccc(C2OC(CN(C)Cc3ccccc3)C(C)C(c3ccc(CO)cc3)O2)c1. The topological polar surface area (TPSA) is 100 Å². The molecular weight excluding hydrogens is 542 g/mol. The van der Waals surface area contributed by atoms with Gasteiger partial charge in [0.25, 0.3) is 0 Å². The summed E-state index contributed by atoms with van der Waals surface area (Å²) in [4.78, 5) is 25.9. The van der Waals surface area contributed by atoms with Gasteiger partial charge in [0.2, 0.25) is 11.8 Å². The fourth-order valence-electron chi connectivity index (χ4n) is 5.43. The molecule has 8 heteroatoms. The Labute approximate surface area is 255 Å². The van der Waals surface area contributed by atoms with E-state index in [2.05, 4.69) is 53.8 Å². The average Bonchev–Trinajstić information content (AvgIpc) is 3.00. The lowest BCUT2D eigenvalue weighted by Gasteiger charge is -2.42. The second-order valence-electron chi connectivity index (χ2n) is 11.5. The highest BCUT2D eigenvalue weighted by Crippen LogP contribution is 2.42. The summed E-state index contributed by atoms with van der Waals surface area (Å²) in [7, 11) is 2.11. The van der Waals surface area contributed by atoms with Crippen molar-refractivity contribution < 1.29 is 24.2 Å². The number of rotatable bonds is 14. The van der Waals surface area contributed by atoms with Crippen LogP contribution in [0.25, 0.3) is 0 Å². The lowest BCUT2D eigenvalue weighted by molar-refractivity contribution is -0.276. The van der Waals surface area contributed by atoms with Crippen molar-refractivity contribution in [2.45, 2.75) is 71.2 Å². The predicted octanol–water partition coefficient (Wildman–Crippen LogP) is 5.74. The van der Waals surface area contributed by atoms with E-state index in [9.17, 15) is 14.7 Å². The van der Waals surface area contributed by atoms with Gasteiger partial charge in [0.15, 0.2) is 6.29 Å². The van der Waals surface area contributed by atoms with Crippen molar-refractivity contribution in [3.05, 3.63) is 101 Å². The van der Waals surface area contributed by atoms with Gasteiger partial charge in [-0.25, -0.2) is 0 Å². The molecule has 0 saturated carbocycles. The van der Waals surface area contributed by atoms with Gasteiger partial charge in [0.05, 0.1) is 18.8 Å². The first-order valence-electron chi connectivity index (χ1n) is 15.2. The minimum absolute atomic E-state index is 0.00438. The van der Waals surface area contributed by atoms with Crippen molar-refractivity contribution in [1.29, 1.82) is 0 Å². The quantitative estimate of drug-likeness (QED) is 0.208. The van der Waals surface area contributed by atoms with Gasteiger partial charge in [0, 0.05) is 50.1 Å². The van der Waals surface area contributed by atoms with Crippen LogP contribution in [0.4, 0.5) is 5.69 Å². The Morgan fingerprint density at radius 1 is 0.884 bits per heavy atom. The van der Waals surface area contributed by atoms with Crippen molar-refractivity contribution in [3.8, 4) is 0 Å². The minimum atomic E-state index is -0.612. The fraction of sp³-hybridized carbons (Fsp3) is 0.429. The van der Waals surface area contributed by atoms with E-state index in [1.54, 1.807) is 0 Å². The lowest BCUT2D eigenvalue weighted by atomic mass is 9.90. The molecule has 1 aliphatic heterocycles. The lowest BCUT2D eigenvalue weighted by Crippen LogP contribution is -2.43. The Bertz CT molecular complexity index is 1300. The number of carbonyl (C=O) groups excluding carboxylic acids is 2. The third-order valence-corrected chi connectivity index (χ3v) is 7.81. The number of hydrogen-bond donors (Lipinski definition) is 3. The number of amides is 2. The molecule has 43 heavy (non-hydrogen) atoms. The maximum atomic E-state index is 12.6. The van der Waals surface area contributed by atoms with Crippen LogP contribution in [0.15, 0.2) is 78.9 Å². The fourth-order valence-corrected chi connectivity index (χ4v) is 5.43. The van der Waals surface area contributed by atoms with Crippen molar-refractivity contribution in [3.63, 3.8) is 0 Å². The highest BCUT2D eigenvalue weighted by molar-refractivity contribution is 5.90. The summed E-state index contributed by atoms with van der Waals surface area (Å²) in [5.41, 5.74) is 4.68. The zero-order valence-corrected chi connectivity index (χ0v) is 25.5. The zero-order valence-electron chi connectivity index (χ0n) is 25.5. The first-order chi connectivity index (χ1) is 20.8. The standard InChI is InChI=1S/C35H45N3O5/c1-25-32(23-38(3)22-27-11-6-4-7-12-27)42-35(43-34(25)29-18-16-28(24-39)17-19-29)30-13-10-14-31(21-30)37-33(41)15-8-5-9-20-36-26(2)40/h4,6-7,10-14,16-19,21,25,32,34-35,39H,5,8-9,15,20,22-24H2,1-3H3,(H,36,40)(H,37,41). The van der Waals surface area contributed by atoms with E-state index >= 15 is 0 Å². The second kappa shape index (κ2) is 16.3. The molecule has 3 aromatic rings. The molecule has 3 aromatic carbocycles. The highest BCUT2D eigenvalue weighted by atomic mass is 16.7. The Balaban J connectivity index is 1.44. The van der Waals surface area contributed by atoms with Crippen LogP contribution in [-0.4, -0.2) is 48.1 Å². The van der Waals surface area contributed by atoms with E-state index in [0.717, 1.165) is 49.0 Å². The van der Waals surface area contributed by atoms with E-state index in [1.807, 2.05) is 54.6 Å². The maximum Gasteiger partial charge on any atom is 0.224 e. The molecule has 0 radical (unpaired) electrons. The molecule has 230 valence electrons. The van der Waals surface area contributed by atoms with Crippen LogP contribution in [0.3, 0.4) is 0 Å². The molecule has 8 nitrogen and oxygen atoms in total. The van der Waals surface area contributed by atoms with Crippen molar-refractivity contribution in [2.24, 2.45) is 5.92 Å². The van der Waals surface area contributed by atoms with Gasteiger partial charge in [-0.05, 0) is 48.7 Å². The number of hydrogen-bond acceptors (Lipinski definition) is 6. The second-order valence-corrected chi connectivity index (χ2v) is 11.5. The number of ether oxygens (including phenoxy) is 2. The Kier molecular flexibility index (Phi) is 12.3. The van der Waals surface area contributed by atoms with Crippen LogP contribution in [0.1, 0.15) is 74.2 Å². The van der Waals surface area contributed by atoms with Crippen LogP contribution >= 0.6 is 0 Å². The van der Waals surface area contributed by atoms with Crippen LogP contribution in [0, 0.1) is 5.92 Å². The molecule has 0 spiro atoms. The molecule has 2 amide bonds. The monoisotopic (exact) mass is 587 g/mol. The third kappa shape index (κ3) is 10.0. The van der Waals surface area contributed by atoms with Crippen LogP contribution < -0.4 is 10.6 Å². The normalized spacial score (nSPS) is 20.1. The van der Waals surface area contributed by atoms with E-state index in [4.69, 9.17) is 9.47 Å². The number of carbonyl (C=O) groups is 2. The number of aliphatic hydroxyl groups is 1. The Morgan fingerprint density at radius 3 is 2.37 bits per heavy atom. The largest absolute Gasteiger partial charge is 0.392 e. The molecule has 3 N–H and O–H groups in total. The smallest absolute Gasteiger partial charge is 0.224 e. The summed E-state index contributed by atoms with van der Waals surface area (Å²) >= 11 is 0. The third-order valence-electron chi connectivity index (χ3n) is 7.81. The van der Waals surface area contributed by atoms with E-state index in [-0.39, 0.29) is 36.5 Å². The number of benzene rings is 3.